The molecule has 1 aromatic rings. The van der Waals surface area contributed by atoms with E-state index in [0.29, 0.717) is 5.56 Å². The third-order valence-corrected chi connectivity index (χ3v) is 5.09. The smallest absolute Gasteiger partial charge is 0.328 e. The lowest BCUT2D eigenvalue weighted by molar-refractivity contribution is -0.151. The molecule has 0 saturated carbocycles. The quantitative estimate of drug-likeness (QED) is 0.713. The van der Waals surface area contributed by atoms with Crippen molar-refractivity contribution >= 4 is 33.7 Å². The zero-order valence-electron chi connectivity index (χ0n) is 15.4. The number of benzene rings is 1. The summed E-state index contributed by atoms with van der Waals surface area (Å²) in [4.78, 5) is 39.0. The van der Waals surface area contributed by atoms with Crippen molar-refractivity contribution in [2.75, 3.05) is 13.7 Å². The third-order valence-electron chi connectivity index (χ3n) is 4.57. The molecule has 1 aromatic carbocycles. The first kappa shape index (κ1) is 20.9. The average molecular weight is 436 g/mol. The van der Waals surface area contributed by atoms with Gasteiger partial charge in [-0.25, -0.2) is 4.79 Å². The van der Waals surface area contributed by atoms with Gasteiger partial charge in [0.25, 0.3) is 5.91 Å². The Labute approximate surface area is 166 Å². The normalized spacial score (nSPS) is 20.1. The maximum absolute atomic E-state index is 13.1. The summed E-state index contributed by atoms with van der Waals surface area (Å²) in [5.74, 6) is -1.95. The van der Waals surface area contributed by atoms with Gasteiger partial charge < -0.3 is 15.0 Å². The summed E-state index contributed by atoms with van der Waals surface area (Å²) in [6, 6.07) is 7.27. The first-order valence-corrected chi connectivity index (χ1v) is 9.42. The molecule has 1 aliphatic rings. The number of rotatable bonds is 5. The van der Waals surface area contributed by atoms with Crippen molar-refractivity contribution < 1.29 is 19.1 Å². The second-order valence-corrected chi connectivity index (χ2v) is 7.71. The molecule has 1 saturated heterocycles. The summed E-state index contributed by atoms with van der Waals surface area (Å²) < 4.78 is 5.62. The van der Waals surface area contributed by atoms with Crippen LogP contribution in [0.5, 0.6) is 0 Å². The molecule has 0 aromatic heterocycles. The molecule has 0 bridgehead atoms. The fourth-order valence-corrected chi connectivity index (χ4v) is 3.31. The predicted molar refractivity (Wildman–Crippen MR) is 101 cm³/mol. The predicted octanol–water partition coefficient (Wildman–Crippen LogP) is 2.12. The monoisotopic (exact) mass is 435 g/mol. The van der Waals surface area contributed by atoms with Gasteiger partial charge in [-0.05, 0) is 36.6 Å². The second-order valence-electron chi connectivity index (χ2n) is 6.79. The molecule has 3 atom stereocenters. The van der Waals surface area contributed by atoms with Crippen molar-refractivity contribution in [3.05, 3.63) is 34.3 Å². The summed E-state index contributed by atoms with van der Waals surface area (Å²) in [7, 11) is 1.25. The van der Waals surface area contributed by atoms with E-state index in [1.54, 1.807) is 24.3 Å². The zero-order chi connectivity index (χ0) is 20.1. The highest BCUT2D eigenvalue weighted by atomic mass is 79.9. The molecule has 27 heavy (non-hydrogen) atoms. The number of esters is 1. The molecule has 1 heterocycles. The minimum absolute atomic E-state index is 0.145. The van der Waals surface area contributed by atoms with E-state index >= 15 is 0 Å². The van der Waals surface area contributed by atoms with Crippen LogP contribution in [0.15, 0.2) is 28.7 Å². The lowest BCUT2D eigenvalue weighted by Gasteiger charge is -2.29. The van der Waals surface area contributed by atoms with Crippen LogP contribution in [0.25, 0.3) is 0 Å². The van der Waals surface area contributed by atoms with E-state index in [9.17, 15) is 19.6 Å². The molecule has 1 N–H and O–H groups in total. The average Bonchev–Trinajstić information content (AvgIpc) is 3.09. The lowest BCUT2D eigenvalue weighted by atomic mass is 10.0. The highest BCUT2D eigenvalue weighted by Gasteiger charge is 2.43. The number of carbonyl (C=O) groups excluding carboxylic acids is 3. The van der Waals surface area contributed by atoms with E-state index in [1.165, 1.54) is 12.0 Å². The van der Waals surface area contributed by atoms with Crippen LogP contribution in [0.2, 0.25) is 0 Å². The molecule has 2 amide bonds. The van der Waals surface area contributed by atoms with Crippen molar-refractivity contribution in [2.45, 2.75) is 32.4 Å². The van der Waals surface area contributed by atoms with Crippen LogP contribution in [-0.4, -0.2) is 48.4 Å². The van der Waals surface area contributed by atoms with Crippen LogP contribution in [-0.2, 0) is 14.3 Å². The van der Waals surface area contributed by atoms with Crippen LogP contribution in [0.3, 0.4) is 0 Å². The van der Waals surface area contributed by atoms with Gasteiger partial charge in [0.2, 0.25) is 5.91 Å². The largest absolute Gasteiger partial charge is 0.467 e. The molecule has 1 fully saturated rings. The van der Waals surface area contributed by atoms with Crippen LogP contribution in [0.1, 0.15) is 30.6 Å². The molecular formula is C19H22BrN3O4. The van der Waals surface area contributed by atoms with E-state index in [-0.39, 0.29) is 30.7 Å². The summed E-state index contributed by atoms with van der Waals surface area (Å²) in [5.41, 5.74) is 0.428. The Morgan fingerprint density at radius 2 is 1.93 bits per heavy atom. The van der Waals surface area contributed by atoms with Crippen LogP contribution in [0, 0.1) is 23.2 Å². The Morgan fingerprint density at radius 3 is 2.44 bits per heavy atom. The Bertz CT molecular complexity index is 757. The van der Waals surface area contributed by atoms with Gasteiger partial charge in [0, 0.05) is 16.6 Å². The van der Waals surface area contributed by atoms with Gasteiger partial charge in [-0.2, -0.15) is 5.26 Å². The maximum Gasteiger partial charge on any atom is 0.328 e. The highest BCUT2D eigenvalue weighted by molar-refractivity contribution is 9.10. The molecule has 1 aliphatic heterocycles. The number of halogens is 1. The van der Waals surface area contributed by atoms with E-state index in [0.717, 1.165) is 4.47 Å². The maximum atomic E-state index is 13.1. The molecule has 0 unspecified atom stereocenters. The lowest BCUT2D eigenvalue weighted by Crippen LogP contribution is -2.54. The van der Waals surface area contributed by atoms with Crippen molar-refractivity contribution in [3.63, 3.8) is 0 Å². The number of ether oxygens (including phenoxy) is 1. The van der Waals surface area contributed by atoms with E-state index in [1.807, 2.05) is 13.8 Å². The van der Waals surface area contributed by atoms with Gasteiger partial charge in [0.05, 0.1) is 19.1 Å². The Hall–Kier alpha value is -2.40. The van der Waals surface area contributed by atoms with Crippen molar-refractivity contribution in [3.8, 4) is 6.07 Å². The molecular weight excluding hydrogens is 414 g/mol. The van der Waals surface area contributed by atoms with Crippen molar-refractivity contribution in [1.29, 1.82) is 5.26 Å². The molecule has 0 radical (unpaired) electrons. The number of nitrogens with zero attached hydrogens (tertiary/aromatic N) is 2. The van der Waals surface area contributed by atoms with Gasteiger partial charge in [-0.15, -0.1) is 0 Å². The number of amides is 2. The fraction of sp³-hybridized carbons (Fsp3) is 0.474. The van der Waals surface area contributed by atoms with Crippen molar-refractivity contribution in [1.82, 2.24) is 10.2 Å². The number of methoxy groups -OCH3 is 1. The molecule has 0 aliphatic carbocycles. The van der Waals surface area contributed by atoms with E-state index in [2.05, 4.69) is 27.3 Å². The molecule has 8 heteroatoms. The number of nitrogens with one attached hydrogen (secondary N) is 1. The first-order chi connectivity index (χ1) is 12.8. The van der Waals surface area contributed by atoms with Crippen LogP contribution < -0.4 is 5.32 Å². The number of hydrogen-bond donors (Lipinski definition) is 1. The molecule has 144 valence electrons. The second kappa shape index (κ2) is 9.00. The number of likely N-dealkylation sites (tertiary alicyclic amines) is 1. The fourth-order valence-electron chi connectivity index (χ4n) is 3.05. The standard InChI is InChI=1S/C19H22BrN3O4/c1-11(2)16(22-17(24)13-4-6-14(20)7-5-13)18(25)23-10-12(9-21)8-15(23)19(26)27-3/h4-7,11-12,15-16H,8,10H2,1-3H3,(H,22,24)/t12-,15-,16-/m0/s1. The third kappa shape index (κ3) is 4.86. The van der Waals surface area contributed by atoms with E-state index < -0.39 is 24.0 Å². The SMILES string of the molecule is COC(=O)[C@@H]1C[C@@H](C#N)CN1C(=O)[C@@H](NC(=O)c1ccc(Br)cc1)C(C)C. The van der Waals surface area contributed by atoms with Gasteiger partial charge in [0.15, 0.2) is 0 Å². The van der Waals surface area contributed by atoms with Gasteiger partial charge in [-0.1, -0.05) is 29.8 Å². The zero-order valence-corrected chi connectivity index (χ0v) is 17.0. The Balaban J connectivity index is 2.20. The summed E-state index contributed by atoms with van der Waals surface area (Å²) in [6.07, 6.45) is 0.236. The van der Waals surface area contributed by atoms with Crippen LogP contribution in [0.4, 0.5) is 0 Å². The Kier molecular flexibility index (Phi) is 6.97. The minimum Gasteiger partial charge on any atom is -0.467 e. The van der Waals surface area contributed by atoms with Crippen molar-refractivity contribution in [2.24, 2.45) is 11.8 Å². The van der Waals surface area contributed by atoms with Gasteiger partial charge in [0.1, 0.15) is 12.1 Å². The summed E-state index contributed by atoms with van der Waals surface area (Å²) in [6.45, 7) is 3.78. The van der Waals surface area contributed by atoms with Crippen LogP contribution >= 0.6 is 15.9 Å². The first-order valence-electron chi connectivity index (χ1n) is 8.62. The number of nitriles is 1. The van der Waals surface area contributed by atoms with E-state index in [4.69, 9.17) is 4.74 Å². The minimum atomic E-state index is -0.814. The topological polar surface area (TPSA) is 99.5 Å². The Morgan fingerprint density at radius 1 is 1.30 bits per heavy atom. The molecule has 0 spiro atoms. The molecule has 2 rings (SSSR count). The number of carbonyl (C=O) groups is 3. The summed E-state index contributed by atoms with van der Waals surface area (Å²) in [5, 5.41) is 11.9. The summed E-state index contributed by atoms with van der Waals surface area (Å²) >= 11 is 3.31. The highest BCUT2D eigenvalue weighted by Crippen LogP contribution is 2.25. The van der Waals surface area contributed by atoms with Gasteiger partial charge in [-0.3, -0.25) is 9.59 Å². The van der Waals surface area contributed by atoms with Gasteiger partial charge >= 0.3 is 5.97 Å². The number of hydrogen-bond acceptors (Lipinski definition) is 5. The molecule has 7 nitrogen and oxygen atoms in total.